The molecule has 0 bridgehead atoms. The molecule has 0 spiro atoms. The second-order valence-corrected chi connectivity index (χ2v) is 6.48. The number of carbonyl (C=O) groups is 1. The van der Waals surface area contributed by atoms with Crippen molar-refractivity contribution in [2.24, 2.45) is 11.8 Å². The van der Waals surface area contributed by atoms with Crippen LogP contribution in [0.5, 0.6) is 0 Å². The van der Waals surface area contributed by atoms with Crippen molar-refractivity contribution in [3.8, 4) is 0 Å². The number of carbonyl (C=O) groups excluding carboxylic acids is 1. The molecule has 5 heteroatoms. The van der Waals surface area contributed by atoms with Gasteiger partial charge in [-0.3, -0.25) is 4.79 Å². The molecule has 120 valence electrons. The van der Waals surface area contributed by atoms with Crippen LogP contribution < -0.4 is 4.90 Å². The fourth-order valence-corrected chi connectivity index (χ4v) is 3.50. The molecule has 3 nitrogen and oxygen atoms in total. The summed E-state index contributed by atoms with van der Waals surface area (Å²) < 4.78 is 32.6. The van der Waals surface area contributed by atoms with Crippen LogP contribution in [-0.2, 0) is 16.0 Å². The molecule has 0 saturated carbocycles. The Morgan fingerprint density at radius 2 is 2.05 bits per heavy atom. The Morgan fingerprint density at radius 3 is 2.77 bits per heavy atom. The Bertz CT molecular complexity index is 588. The van der Waals surface area contributed by atoms with Gasteiger partial charge in [0.25, 0.3) is 5.91 Å². The van der Waals surface area contributed by atoms with Gasteiger partial charge in [-0.15, -0.1) is 0 Å². The summed E-state index contributed by atoms with van der Waals surface area (Å²) in [6, 6.07) is 2.35. The lowest BCUT2D eigenvalue weighted by Gasteiger charge is -2.33. The van der Waals surface area contributed by atoms with Crippen molar-refractivity contribution in [3.63, 3.8) is 0 Å². The van der Waals surface area contributed by atoms with Crippen molar-refractivity contribution >= 4 is 11.6 Å². The Hall–Kier alpha value is -1.49. The zero-order valence-corrected chi connectivity index (χ0v) is 12.9. The van der Waals surface area contributed by atoms with Crippen molar-refractivity contribution < 1.29 is 18.3 Å². The number of ether oxygens (including phenoxy) is 1. The molecule has 22 heavy (non-hydrogen) atoms. The molecule has 0 radical (unpaired) electrons. The molecule has 1 aromatic carbocycles. The van der Waals surface area contributed by atoms with E-state index in [9.17, 15) is 13.6 Å². The van der Waals surface area contributed by atoms with Crippen LogP contribution in [0.1, 0.15) is 32.3 Å². The van der Waals surface area contributed by atoms with Gasteiger partial charge in [-0.05, 0) is 42.7 Å². The van der Waals surface area contributed by atoms with Crippen molar-refractivity contribution in [2.75, 3.05) is 18.1 Å². The van der Waals surface area contributed by atoms with Crippen LogP contribution in [0, 0.1) is 23.5 Å². The summed E-state index contributed by atoms with van der Waals surface area (Å²) in [5, 5.41) is 0. The molecule has 1 amide bonds. The van der Waals surface area contributed by atoms with Gasteiger partial charge in [0.1, 0.15) is 6.10 Å². The van der Waals surface area contributed by atoms with Crippen molar-refractivity contribution in [1.29, 1.82) is 0 Å². The monoisotopic (exact) mass is 309 g/mol. The average Bonchev–Trinajstić information content (AvgIpc) is 2.97. The van der Waals surface area contributed by atoms with E-state index in [1.807, 2.05) is 0 Å². The molecule has 2 heterocycles. The Labute approximate surface area is 129 Å². The highest BCUT2D eigenvalue weighted by molar-refractivity contribution is 5.98. The van der Waals surface area contributed by atoms with Crippen LogP contribution in [0.3, 0.4) is 0 Å². The molecule has 1 saturated heterocycles. The Kier molecular flexibility index (Phi) is 4.17. The minimum atomic E-state index is -0.911. The summed E-state index contributed by atoms with van der Waals surface area (Å²) >= 11 is 0. The summed E-state index contributed by atoms with van der Waals surface area (Å²) in [4.78, 5) is 14.4. The van der Waals surface area contributed by atoms with Gasteiger partial charge in [-0.25, -0.2) is 8.78 Å². The van der Waals surface area contributed by atoms with E-state index < -0.39 is 17.7 Å². The highest BCUT2D eigenvalue weighted by atomic mass is 19.2. The minimum Gasteiger partial charge on any atom is -0.368 e. The Balaban J connectivity index is 1.90. The first-order valence-corrected chi connectivity index (χ1v) is 7.90. The van der Waals surface area contributed by atoms with Crippen LogP contribution in [0.25, 0.3) is 0 Å². The first-order chi connectivity index (χ1) is 10.5. The van der Waals surface area contributed by atoms with E-state index in [1.165, 1.54) is 6.07 Å². The number of rotatable bonds is 2. The minimum absolute atomic E-state index is 0.122. The lowest BCUT2D eigenvalue weighted by atomic mass is 9.88. The molecule has 3 rings (SSSR count). The smallest absolute Gasteiger partial charge is 0.256 e. The maximum atomic E-state index is 13.6. The van der Waals surface area contributed by atoms with Gasteiger partial charge in [0, 0.05) is 19.2 Å². The van der Waals surface area contributed by atoms with Gasteiger partial charge >= 0.3 is 0 Å². The lowest BCUT2D eigenvalue weighted by molar-refractivity contribution is -0.129. The molecule has 2 aliphatic rings. The topological polar surface area (TPSA) is 29.5 Å². The zero-order chi connectivity index (χ0) is 15.9. The first kappa shape index (κ1) is 15.4. The highest BCUT2D eigenvalue weighted by Crippen LogP contribution is 2.34. The van der Waals surface area contributed by atoms with Gasteiger partial charge in [-0.1, -0.05) is 13.8 Å². The van der Waals surface area contributed by atoms with Gasteiger partial charge in [-0.2, -0.15) is 0 Å². The second kappa shape index (κ2) is 5.95. The average molecular weight is 309 g/mol. The van der Waals surface area contributed by atoms with Crippen LogP contribution in [-0.4, -0.2) is 25.2 Å². The number of fused-ring (bicyclic) bond motifs is 1. The maximum Gasteiger partial charge on any atom is 0.256 e. The number of hydrogen-bond acceptors (Lipinski definition) is 2. The number of halogens is 2. The largest absolute Gasteiger partial charge is 0.368 e. The molecule has 1 fully saturated rings. The van der Waals surface area contributed by atoms with Crippen molar-refractivity contribution in [1.82, 2.24) is 0 Å². The van der Waals surface area contributed by atoms with E-state index in [2.05, 4.69) is 13.8 Å². The molecule has 1 aromatic rings. The number of aryl methyl sites for hydroxylation is 1. The third-order valence-corrected chi connectivity index (χ3v) is 4.74. The molecule has 0 aliphatic carbocycles. The molecular weight excluding hydrogens is 288 g/mol. The van der Waals surface area contributed by atoms with Crippen molar-refractivity contribution in [3.05, 3.63) is 29.3 Å². The number of benzene rings is 1. The van der Waals surface area contributed by atoms with E-state index >= 15 is 0 Å². The predicted molar refractivity (Wildman–Crippen MR) is 79.7 cm³/mol. The third kappa shape index (κ3) is 2.62. The van der Waals surface area contributed by atoms with E-state index in [1.54, 1.807) is 4.90 Å². The number of amides is 1. The number of anilines is 1. The first-order valence-electron chi connectivity index (χ1n) is 7.90. The molecule has 2 aliphatic heterocycles. The lowest BCUT2D eigenvalue weighted by Crippen LogP contribution is -2.45. The highest BCUT2D eigenvalue weighted by Gasteiger charge is 2.39. The fourth-order valence-electron chi connectivity index (χ4n) is 3.50. The third-order valence-electron chi connectivity index (χ3n) is 4.74. The van der Waals surface area contributed by atoms with E-state index in [4.69, 9.17) is 4.74 Å². The normalized spacial score (nSPS) is 24.7. The van der Waals surface area contributed by atoms with Crippen LogP contribution in [0.4, 0.5) is 14.5 Å². The van der Waals surface area contributed by atoms with E-state index in [-0.39, 0.29) is 11.8 Å². The summed E-state index contributed by atoms with van der Waals surface area (Å²) in [6.45, 7) is 5.27. The summed E-state index contributed by atoms with van der Waals surface area (Å²) in [7, 11) is 0. The van der Waals surface area contributed by atoms with Crippen LogP contribution >= 0.6 is 0 Å². The molecule has 0 unspecified atom stereocenters. The molecule has 0 aromatic heterocycles. The molecular formula is C17H21F2NO2. The number of nitrogens with zero attached hydrogens (tertiary/aromatic N) is 1. The van der Waals surface area contributed by atoms with Crippen LogP contribution in [0.2, 0.25) is 0 Å². The SMILES string of the molecule is CC(C)[C@H]1CCO[C@H]1C(=O)N1CCCc2cc(F)c(F)cc21. The van der Waals surface area contributed by atoms with Gasteiger partial charge in [0.15, 0.2) is 11.6 Å². The molecule has 2 atom stereocenters. The Morgan fingerprint density at radius 1 is 1.32 bits per heavy atom. The maximum absolute atomic E-state index is 13.6. The van der Waals surface area contributed by atoms with Crippen molar-refractivity contribution in [2.45, 2.75) is 39.2 Å². The van der Waals surface area contributed by atoms with E-state index in [0.29, 0.717) is 36.7 Å². The molecule has 0 N–H and O–H groups in total. The number of hydrogen-bond donors (Lipinski definition) is 0. The van der Waals surface area contributed by atoms with Crippen LogP contribution in [0.15, 0.2) is 12.1 Å². The van der Waals surface area contributed by atoms with Gasteiger partial charge in [0.05, 0.1) is 5.69 Å². The van der Waals surface area contributed by atoms with E-state index in [0.717, 1.165) is 18.9 Å². The summed E-state index contributed by atoms with van der Waals surface area (Å²) in [5.41, 5.74) is 1.19. The fraction of sp³-hybridized carbons (Fsp3) is 0.588. The van der Waals surface area contributed by atoms with Gasteiger partial charge in [0.2, 0.25) is 0 Å². The zero-order valence-electron chi connectivity index (χ0n) is 12.9. The summed E-state index contributed by atoms with van der Waals surface area (Å²) in [5.74, 6) is -1.35. The predicted octanol–water partition coefficient (Wildman–Crippen LogP) is 3.31. The quantitative estimate of drug-likeness (QED) is 0.839. The van der Waals surface area contributed by atoms with Gasteiger partial charge < -0.3 is 9.64 Å². The summed E-state index contributed by atoms with van der Waals surface area (Å²) in [6.07, 6.45) is 1.81. The standard InChI is InChI=1S/C17H21F2NO2/c1-10(2)12-5-7-22-16(12)17(21)20-6-3-4-11-8-13(18)14(19)9-15(11)20/h8-10,12,16H,3-7H2,1-2H3/t12-,16-/m1/s1. The second-order valence-electron chi connectivity index (χ2n) is 6.48.